The summed E-state index contributed by atoms with van der Waals surface area (Å²) in [7, 11) is -4.00. The van der Waals surface area contributed by atoms with Crippen LogP contribution in [0, 0.1) is 17.0 Å². The van der Waals surface area contributed by atoms with Gasteiger partial charge in [-0.3, -0.25) is 14.4 Å². The van der Waals surface area contributed by atoms with E-state index in [2.05, 4.69) is 0 Å². The van der Waals surface area contributed by atoms with Crippen molar-refractivity contribution >= 4 is 21.4 Å². The first-order valence-corrected chi connectivity index (χ1v) is 9.70. The second-order valence-corrected chi connectivity index (χ2v) is 7.90. The lowest BCUT2D eigenvalue weighted by Crippen LogP contribution is -2.30. The van der Waals surface area contributed by atoms with Crippen LogP contribution in [0.3, 0.4) is 0 Å². The van der Waals surface area contributed by atoms with Gasteiger partial charge in [-0.2, -0.15) is 0 Å². The van der Waals surface area contributed by atoms with Gasteiger partial charge in [-0.15, -0.1) is 0 Å². The molecule has 27 heavy (non-hydrogen) atoms. The number of benzene rings is 3. The predicted octanol–water partition coefficient (Wildman–Crippen LogP) is 4.30. The highest BCUT2D eigenvalue weighted by molar-refractivity contribution is 7.92. The molecule has 0 spiro atoms. The third-order valence-electron chi connectivity index (χ3n) is 4.18. The topological polar surface area (TPSA) is 80.5 Å². The molecule has 0 radical (unpaired) electrons. The molecule has 0 N–H and O–H groups in total. The largest absolute Gasteiger partial charge is 0.273 e. The average molecular weight is 382 g/mol. The maximum atomic E-state index is 13.3. The molecule has 0 heterocycles. The molecule has 3 aromatic rings. The number of nitro benzene ring substituents is 1. The molecule has 6 nitrogen and oxygen atoms in total. The van der Waals surface area contributed by atoms with Gasteiger partial charge in [0.15, 0.2) is 0 Å². The molecule has 7 heteroatoms. The van der Waals surface area contributed by atoms with E-state index in [1.165, 1.54) is 16.4 Å². The van der Waals surface area contributed by atoms with Crippen LogP contribution >= 0.6 is 0 Å². The fourth-order valence-corrected chi connectivity index (χ4v) is 4.21. The maximum Gasteiger partial charge on any atom is 0.273 e. The van der Waals surface area contributed by atoms with Crippen molar-refractivity contribution in [3.05, 3.63) is 100 Å². The van der Waals surface area contributed by atoms with E-state index in [1.807, 2.05) is 30.3 Å². The number of nitro groups is 1. The van der Waals surface area contributed by atoms with Crippen molar-refractivity contribution in [3.8, 4) is 0 Å². The van der Waals surface area contributed by atoms with Crippen molar-refractivity contribution in [2.45, 2.75) is 18.4 Å². The fraction of sp³-hybridized carbons (Fsp3) is 0.100. The van der Waals surface area contributed by atoms with Gasteiger partial charge in [-0.25, -0.2) is 8.42 Å². The van der Waals surface area contributed by atoms with E-state index in [-0.39, 0.29) is 17.1 Å². The zero-order valence-electron chi connectivity index (χ0n) is 14.6. The van der Waals surface area contributed by atoms with Gasteiger partial charge in [0.2, 0.25) is 0 Å². The summed E-state index contributed by atoms with van der Waals surface area (Å²) in [5.41, 5.74) is 1.49. The Balaban J connectivity index is 2.10. The first-order chi connectivity index (χ1) is 12.9. The first kappa shape index (κ1) is 18.6. The molecule has 0 unspecified atom stereocenters. The van der Waals surface area contributed by atoms with Crippen LogP contribution < -0.4 is 4.31 Å². The van der Waals surface area contributed by atoms with Gasteiger partial charge in [-0.1, -0.05) is 54.6 Å². The summed E-state index contributed by atoms with van der Waals surface area (Å²) in [6.45, 7) is 1.70. The van der Waals surface area contributed by atoms with E-state index in [4.69, 9.17) is 0 Å². The maximum absolute atomic E-state index is 13.3. The Labute approximate surface area is 157 Å². The SMILES string of the molecule is Cc1ccc(S(=O)(=O)N(Cc2ccccc2)c2ccccc2)cc1[N+](=O)[O-]. The minimum absolute atomic E-state index is 0.111. The predicted molar refractivity (Wildman–Crippen MR) is 104 cm³/mol. The van der Waals surface area contributed by atoms with Crippen molar-refractivity contribution in [1.29, 1.82) is 0 Å². The summed E-state index contributed by atoms with van der Waals surface area (Å²) in [6, 6.07) is 21.9. The van der Waals surface area contributed by atoms with Gasteiger partial charge in [0.1, 0.15) is 0 Å². The van der Waals surface area contributed by atoms with E-state index in [1.54, 1.807) is 37.3 Å². The minimum Gasteiger partial charge on any atom is -0.262 e. The average Bonchev–Trinajstić information content (AvgIpc) is 2.67. The summed E-state index contributed by atoms with van der Waals surface area (Å²) < 4.78 is 27.9. The molecule has 0 amide bonds. The highest BCUT2D eigenvalue weighted by Crippen LogP contribution is 2.29. The first-order valence-electron chi connectivity index (χ1n) is 8.26. The Kier molecular flexibility index (Phi) is 5.23. The van der Waals surface area contributed by atoms with Gasteiger partial charge in [0, 0.05) is 11.6 Å². The minimum atomic E-state index is -4.00. The zero-order valence-corrected chi connectivity index (χ0v) is 15.5. The summed E-state index contributed by atoms with van der Waals surface area (Å²) >= 11 is 0. The Hall–Kier alpha value is -3.19. The fourth-order valence-electron chi connectivity index (χ4n) is 2.73. The molecule has 138 valence electrons. The van der Waals surface area contributed by atoms with Crippen LogP contribution in [0.25, 0.3) is 0 Å². The van der Waals surface area contributed by atoms with Gasteiger partial charge < -0.3 is 0 Å². The second kappa shape index (κ2) is 7.59. The number of aryl methyl sites for hydroxylation is 1. The Morgan fingerprint density at radius 2 is 1.52 bits per heavy atom. The number of hydrogen-bond donors (Lipinski definition) is 0. The number of anilines is 1. The van der Waals surface area contributed by atoms with Crippen molar-refractivity contribution in [3.63, 3.8) is 0 Å². The molecule has 0 aliphatic carbocycles. The normalized spacial score (nSPS) is 11.1. The molecule has 0 fully saturated rings. The Morgan fingerprint density at radius 1 is 0.926 bits per heavy atom. The van der Waals surface area contributed by atoms with Crippen molar-refractivity contribution < 1.29 is 13.3 Å². The van der Waals surface area contributed by atoms with E-state index in [0.29, 0.717) is 11.3 Å². The Morgan fingerprint density at radius 3 is 2.11 bits per heavy atom. The van der Waals surface area contributed by atoms with E-state index in [0.717, 1.165) is 11.6 Å². The molecule has 0 aliphatic heterocycles. The molecule has 0 bridgehead atoms. The van der Waals surface area contributed by atoms with Crippen LogP contribution in [0.5, 0.6) is 0 Å². The van der Waals surface area contributed by atoms with Crippen LogP contribution in [0.2, 0.25) is 0 Å². The van der Waals surface area contributed by atoms with Crippen LogP contribution in [0.4, 0.5) is 11.4 Å². The lowest BCUT2D eigenvalue weighted by atomic mass is 10.2. The van der Waals surface area contributed by atoms with E-state index >= 15 is 0 Å². The van der Waals surface area contributed by atoms with Gasteiger partial charge in [-0.05, 0) is 30.7 Å². The lowest BCUT2D eigenvalue weighted by molar-refractivity contribution is -0.385. The highest BCUT2D eigenvalue weighted by atomic mass is 32.2. The standard InChI is InChI=1S/C20H18N2O4S/c1-16-12-13-19(14-20(16)22(23)24)27(25,26)21(18-10-6-3-7-11-18)15-17-8-4-2-5-9-17/h2-14H,15H2,1H3. The van der Waals surface area contributed by atoms with Crippen LogP contribution in [0.1, 0.15) is 11.1 Å². The van der Waals surface area contributed by atoms with Gasteiger partial charge in [0.05, 0.1) is 22.1 Å². The number of sulfonamides is 1. The molecule has 0 aromatic heterocycles. The molecular formula is C20H18N2O4S. The molecule has 3 aromatic carbocycles. The third kappa shape index (κ3) is 3.98. The highest BCUT2D eigenvalue weighted by Gasteiger charge is 2.27. The summed E-state index contributed by atoms with van der Waals surface area (Å²) in [6.07, 6.45) is 0. The molecular weight excluding hydrogens is 364 g/mol. The van der Waals surface area contributed by atoms with Crippen LogP contribution in [-0.4, -0.2) is 13.3 Å². The Bertz CT molecular complexity index is 1050. The van der Waals surface area contributed by atoms with Crippen LogP contribution in [0.15, 0.2) is 83.8 Å². The van der Waals surface area contributed by atoms with E-state index < -0.39 is 14.9 Å². The van der Waals surface area contributed by atoms with Crippen molar-refractivity contribution in [1.82, 2.24) is 0 Å². The van der Waals surface area contributed by atoms with E-state index in [9.17, 15) is 18.5 Å². The van der Waals surface area contributed by atoms with Crippen molar-refractivity contribution in [2.75, 3.05) is 4.31 Å². The van der Waals surface area contributed by atoms with Crippen LogP contribution in [-0.2, 0) is 16.6 Å². The second-order valence-electron chi connectivity index (χ2n) is 6.04. The lowest BCUT2D eigenvalue weighted by Gasteiger charge is -2.24. The smallest absolute Gasteiger partial charge is 0.262 e. The zero-order chi connectivity index (χ0) is 19.4. The monoisotopic (exact) mass is 382 g/mol. The molecule has 0 saturated heterocycles. The van der Waals surface area contributed by atoms with Gasteiger partial charge in [0.25, 0.3) is 15.7 Å². The molecule has 0 atom stereocenters. The molecule has 3 rings (SSSR count). The molecule has 0 saturated carbocycles. The summed E-state index contributed by atoms with van der Waals surface area (Å²) in [4.78, 5) is 10.5. The third-order valence-corrected chi connectivity index (χ3v) is 5.95. The number of hydrogen-bond acceptors (Lipinski definition) is 4. The van der Waals surface area contributed by atoms with Crippen molar-refractivity contribution in [2.24, 2.45) is 0 Å². The number of rotatable bonds is 6. The number of nitrogens with zero attached hydrogens (tertiary/aromatic N) is 2. The molecule has 0 aliphatic rings. The number of para-hydroxylation sites is 1. The summed E-state index contributed by atoms with van der Waals surface area (Å²) in [5, 5.41) is 11.2. The quantitative estimate of drug-likeness (QED) is 0.470. The summed E-state index contributed by atoms with van der Waals surface area (Å²) in [5.74, 6) is 0. The van der Waals surface area contributed by atoms with Gasteiger partial charge >= 0.3 is 0 Å².